The normalized spacial score (nSPS) is 14.8. The van der Waals surface area contributed by atoms with E-state index in [-0.39, 0.29) is 5.91 Å². The molecule has 0 unspecified atom stereocenters. The number of rotatable bonds is 4. The third-order valence-electron chi connectivity index (χ3n) is 4.92. The predicted octanol–water partition coefficient (Wildman–Crippen LogP) is 3.94. The highest BCUT2D eigenvalue weighted by atomic mass is 16.1. The van der Waals surface area contributed by atoms with Crippen LogP contribution >= 0.6 is 0 Å². The summed E-state index contributed by atoms with van der Waals surface area (Å²) in [6.45, 7) is 0. The number of pyridine rings is 1. The number of carbonyl (C=O) groups is 1. The lowest BCUT2D eigenvalue weighted by atomic mass is 10.0. The monoisotopic (exact) mass is 334 g/mol. The quantitative estimate of drug-likeness (QED) is 0.677. The molecule has 25 heavy (non-hydrogen) atoms. The van der Waals surface area contributed by atoms with Crippen molar-refractivity contribution in [1.82, 2.24) is 15.3 Å². The molecule has 0 aliphatic heterocycles. The second-order valence-corrected chi connectivity index (χ2v) is 6.58. The van der Waals surface area contributed by atoms with Crippen molar-refractivity contribution in [2.75, 3.05) is 12.4 Å². The van der Waals surface area contributed by atoms with E-state index < -0.39 is 0 Å². The molecule has 1 saturated carbocycles. The third-order valence-corrected chi connectivity index (χ3v) is 4.92. The second-order valence-electron chi connectivity index (χ2n) is 6.58. The number of benzene rings is 1. The largest absolute Gasteiger partial charge is 0.367 e. The number of fused-ring (bicyclic) bond motifs is 1. The van der Waals surface area contributed by atoms with Crippen LogP contribution in [-0.2, 0) is 0 Å². The van der Waals surface area contributed by atoms with Crippen LogP contribution in [0.1, 0.15) is 36.0 Å². The van der Waals surface area contributed by atoms with Crippen LogP contribution in [0.25, 0.3) is 22.2 Å². The van der Waals surface area contributed by atoms with Crippen molar-refractivity contribution in [3.05, 3.63) is 48.2 Å². The van der Waals surface area contributed by atoms with Crippen LogP contribution in [0.3, 0.4) is 0 Å². The van der Waals surface area contributed by atoms with Gasteiger partial charge in [0.25, 0.3) is 5.91 Å². The molecule has 5 nitrogen and oxygen atoms in total. The van der Waals surface area contributed by atoms with E-state index in [9.17, 15) is 4.79 Å². The van der Waals surface area contributed by atoms with Crippen LogP contribution < -0.4 is 10.6 Å². The Bertz CT molecular complexity index is 892. The van der Waals surface area contributed by atoms with E-state index >= 15 is 0 Å². The average Bonchev–Trinajstić information content (AvgIpc) is 3.32. The van der Waals surface area contributed by atoms with Gasteiger partial charge in [-0.15, -0.1) is 0 Å². The summed E-state index contributed by atoms with van der Waals surface area (Å²) in [4.78, 5) is 19.7. The van der Waals surface area contributed by atoms with Gasteiger partial charge in [0.15, 0.2) is 0 Å². The average molecular weight is 334 g/mol. The van der Waals surface area contributed by atoms with Crippen molar-refractivity contribution in [2.24, 2.45) is 0 Å². The first-order valence-corrected chi connectivity index (χ1v) is 8.82. The number of H-pyrrole nitrogens is 1. The van der Waals surface area contributed by atoms with Gasteiger partial charge >= 0.3 is 0 Å². The lowest BCUT2D eigenvalue weighted by molar-refractivity contribution is 0.0963. The zero-order chi connectivity index (χ0) is 17.2. The summed E-state index contributed by atoms with van der Waals surface area (Å²) in [7, 11) is 1.64. The van der Waals surface area contributed by atoms with Gasteiger partial charge in [0.05, 0.1) is 0 Å². The minimum Gasteiger partial charge on any atom is -0.367 e. The lowest BCUT2D eigenvalue weighted by Gasteiger charge is -2.14. The van der Waals surface area contributed by atoms with Crippen molar-refractivity contribution in [3.8, 4) is 11.1 Å². The Hall–Kier alpha value is -2.82. The molecular formula is C20H22N4O. The molecule has 0 atom stereocenters. The predicted molar refractivity (Wildman–Crippen MR) is 101 cm³/mol. The second kappa shape index (κ2) is 6.59. The molecule has 2 aromatic heterocycles. The Balaban J connectivity index is 1.72. The van der Waals surface area contributed by atoms with Crippen LogP contribution in [0.2, 0.25) is 0 Å². The molecule has 128 valence electrons. The molecule has 0 saturated heterocycles. The van der Waals surface area contributed by atoms with Crippen molar-refractivity contribution in [2.45, 2.75) is 31.7 Å². The topological polar surface area (TPSA) is 69.8 Å². The van der Waals surface area contributed by atoms with Gasteiger partial charge in [-0.25, -0.2) is 4.98 Å². The number of nitrogens with one attached hydrogen (secondary N) is 3. The molecule has 2 heterocycles. The van der Waals surface area contributed by atoms with Crippen LogP contribution in [0.15, 0.2) is 42.6 Å². The maximum atomic E-state index is 11.7. The number of nitrogens with zero attached hydrogens (tertiary/aromatic N) is 1. The zero-order valence-corrected chi connectivity index (χ0v) is 14.3. The summed E-state index contributed by atoms with van der Waals surface area (Å²) >= 11 is 0. The lowest BCUT2D eigenvalue weighted by Crippen LogP contribution is -2.17. The highest BCUT2D eigenvalue weighted by molar-refractivity contribution is 5.97. The van der Waals surface area contributed by atoms with Crippen LogP contribution in [0.4, 0.5) is 5.82 Å². The van der Waals surface area contributed by atoms with Gasteiger partial charge < -0.3 is 15.6 Å². The van der Waals surface area contributed by atoms with E-state index in [1.165, 1.54) is 25.7 Å². The fourth-order valence-corrected chi connectivity index (χ4v) is 3.58. The van der Waals surface area contributed by atoms with E-state index in [4.69, 9.17) is 4.98 Å². The number of aromatic nitrogens is 2. The summed E-state index contributed by atoms with van der Waals surface area (Å²) < 4.78 is 0. The fraction of sp³-hybridized carbons (Fsp3) is 0.300. The molecule has 0 spiro atoms. The number of carbonyl (C=O) groups excluding carboxylic acids is 1. The number of hydrogen-bond acceptors (Lipinski definition) is 3. The van der Waals surface area contributed by atoms with Gasteiger partial charge in [-0.3, -0.25) is 4.79 Å². The van der Waals surface area contributed by atoms with Gasteiger partial charge in [-0.2, -0.15) is 0 Å². The summed E-state index contributed by atoms with van der Waals surface area (Å²) in [6, 6.07) is 12.4. The van der Waals surface area contributed by atoms with E-state index in [0.29, 0.717) is 11.6 Å². The fourth-order valence-electron chi connectivity index (χ4n) is 3.58. The first-order valence-electron chi connectivity index (χ1n) is 8.82. The number of aromatic amines is 1. The van der Waals surface area contributed by atoms with Gasteiger partial charge in [0.1, 0.15) is 11.5 Å². The van der Waals surface area contributed by atoms with Crippen molar-refractivity contribution in [1.29, 1.82) is 0 Å². The summed E-state index contributed by atoms with van der Waals surface area (Å²) in [6.07, 6.45) is 6.91. The van der Waals surface area contributed by atoms with Gasteiger partial charge in [0.2, 0.25) is 0 Å². The molecule has 1 aliphatic rings. The van der Waals surface area contributed by atoms with E-state index in [0.717, 1.165) is 28.0 Å². The molecule has 0 bridgehead atoms. The SMILES string of the molecule is CNC(=O)c1ccc(-c2cc(NC3CCCC3)nc3[nH]ccc23)cc1. The molecule has 3 aromatic rings. The minimum atomic E-state index is -0.0725. The Morgan fingerprint density at radius 1 is 1.16 bits per heavy atom. The Kier molecular flexibility index (Phi) is 4.14. The number of hydrogen-bond donors (Lipinski definition) is 3. The highest BCUT2D eigenvalue weighted by Crippen LogP contribution is 2.31. The van der Waals surface area contributed by atoms with Gasteiger partial charge in [0, 0.05) is 30.2 Å². The Morgan fingerprint density at radius 2 is 1.92 bits per heavy atom. The Morgan fingerprint density at radius 3 is 2.64 bits per heavy atom. The van der Waals surface area contributed by atoms with Gasteiger partial charge in [-0.1, -0.05) is 25.0 Å². The zero-order valence-electron chi connectivity index (χ0n) is 14.3. The molecule has 1 fully saturated rings. The molecule has 5 heteroatoms. The van der Waals surface area contributed by atoms with E-state index in [2.05, 4.69) is 21.7 Å². The van der Waals surface area contributed by atoms with E-state index in [1.807, 2.05) is 36.5 Å². The first-order chi connectivity index (χ1) is 12.2. The molecule has 4 rings (SSSR count). The molecule has 1 aliphatic carbocycles. The van der Waals surface area contributed by atoms with Crippen LogP contribution in [0, 0.1) is 0 Å². The van der Waals surface area contributed by atoms with Crippen LogP contribution in [-0.4, -0.2) is 29.0 Å². The molecule has 3 N–H and O–H groups in total. The minimum absolute atomic E-state index is 0.0725. The van der Waals surface area contributed by atoms with Gasteiger partial charge in [-0.05, 0) is 48.2 Å². The molecule has 0 radical (unpaired) electrons. The third kappa shape index (κ3) is 3.09. The summed E-state index contributed by atoms with van der Waals surface area (Å²) in [5, 5.41) is 7.32. The highest BCUT2D eigenvalue weighted by Gasteiger charge is 2.16. The molecule has 1 amide bonds. The van der Waals surface area contributed by atoms with Crippen molar-refractivity contribution in [3.63, 3.8) is 0 Å². The van der Waals surface area contributed by atoms with Crippen molar-refractivity contribution >= 4 is 22.8 Å². The number of anilines is 1. The molecule has 1 aromatic carbocycles. The standard InChI is InChI=1S/C20H22N4O/c1-21-20(25)14-8-6-13(7-9-14)17-12-18(23-15-4-2-3-5-15)24-19-16(17)10-11-22-19/h6-12,15H,2-5H2,1H3,(H,21,25)(H2,22,23,24). The molecular weight excluding hydrogens is 312 g/mol. The first kappa shape index (κ1) is 15.7. The van der Waals surface area contributed by atoms with Crippen LogP contribution in [0.5, 0.6) is 0 Å². The smallest absolute Gasteiger partial charge is 0.251 e. The number of amides is 1. The maximum Gasteiger partial charge on any atom is 0.251 e. The summed E-state index contributed by atoms with van der Waals surface area (Å²) in [5.41, 5.74) is 3.74. The Labute approximate surface area is 146 Å². The maximum absolute atomic E-state index is 11.7. The summed E-state index contributed by atoms with van der Waals surface area (Å²) in [5.74, 6) is 0.837. The van der Waals surface area contributed by atoms with Crippen molar-refractivity contribution < 1.29 is 4.79 Å². The van der Waals surface area contributed by atoms with E-state index in [1.54, 1.807) is 7.05 Å².